The van der Waals surface area contributed by atoms with Crippen LogP contribution < -0.4 is 10.5 Å². The van der Waals surface area contributed by atoms with E-state index in [4.69, 9.17) is 5.73 Å². The van der Waals surface area contributed by atoms with E-state index in [2.05, 4.69) is 4.72 Å². The predicted octanol–water partition coefficient (Wildman–Crippen LogP) is 0.434. The highest BCUT2D eigenvalue weighted by molar-refractivity contribution is 7.89. The number of carbonyl (C=O) groups excluding carboxylic acids is 1. The maximum atomic E-state index is 12.0. The lowest BCUT2D eigenvalue weighted by atomic mass is 10.0. The summed E-state index contributed by atoms with van der Waals surface area (Å²) in [6, 6.07) is 0.102. The zero-order chi connectivity index (χ0) is 15.2. The first-order valence-electron chi connectivity index (χ1n) is 7.37. The second-order valence-corrected chi connectivity index (χ2v) is 7.59. The third kappa shape index (κ3) is 6.19. The monoisotopic (exact) mass is 305 g/mol. The van der Waals surface area contributed by atoms with Gasteiger partial charge in [0.25, 0.3) is 0 Å². The minimum Gasteiger partial charge on any atom is -0.343 e. The minimum absolute atomic E-state index is 0.0342. The van der Waals surface area contributed by atoms with Gasteiger partial charge in [-0.05, 0) is 39.5 Å². The van der Waals surface area contributed by atoms with Crippen LogP contribution in [0.15, 0.2) is 0 Å². The summed E-state index contributed by atoms with van der Waals surface area (Å²) in [6.45, 7) is 4.83. The van der Waals surface area contributed by atoms with E-state index in [-0.39, 0.29) is 23.7 Å². The average molecular weight is 305 g/mol. The van der Waals surface area contributed by atoms with E-state index in [0.29, 0.717) is 32.4 Å². The molecule has 20 heavy (non-hydrogen) atoms. The Morgan fingerprint density at radius 3 is 2.50 bits per heavy atom. The predicted molar refractivity (Wildman–Crippen MR) is 79.7 cm³/mol. The van der Waals surface area contributed by atoms with Crippen LogP contribution in [-0.2, 0) is 14.8 Å². The Morgan fingerprint density at radius 2 is 2.00 bits per heavy atom. The van der Waals surface area contributed by atoms with Gasteiger partial charge in [0, 0.05) is 31.6 Å². The molecule has 3 N–H and O–H groups in total. The maximum Gasteiger partial charge on any atom is 0.222 e. The molecule has 0 aromatic heterocycles. The highest BCUT2D eigenvalue weighted by atomic mass is 32.2. The molecule has 0 radical (unpaired) electrons. The molecule has 7 heteroatoms. The fourth-order valence-electron chi connectivity index (χ4n) is 2.32. The third-order valence-corrected chi connectivity index (χ3v) is 5.08. The van der Waals surface area contributed by atoms with Gasteiger partial charge in [-0.3, -0.25) is 4.79 Å². The molecule has 0 spiro atoms. The molecule has 1 amide bonds. The summed E-state index contributed by atoms with van der Waals surface area (Å²) >= 11 is 0. The molecule has 6 nitrogen and oxygen atoms in total. The van der Waals surface area contributed by atoms with Crippen molar-refractivity contribution in [3.05, 3.63) is 0 Å². The van der Waals surface area contributed by atoms with E-state index >= 15 is 0 Å². The van der Waals surface area contributed by atoms with Crippen LogP contribution in [0.2, 0.25) is 0 Å². The molecule has 118 valence electrons. The summed E-state index contributed by atoms with van der Waals surface area (Å²) in [7, 11) is -3.15. The molecule has 0 aromatic rings. The van der Waals surface area contributed by atoms with Crippen LogP contribution in [0.5, 0.6) is 0 Å². The van der Waals surface area contributed by atoms with E-state index < -0.39 is 10.0 Å². The molecule has 1 aliphatic rings. The topological polar surface area (TPSA) is 92.5 Å². The molecule has 0 aliphatic carbocycles. The zero-order valence-electron chi connectivity index (χ0n) is 12.5. The molecule has 1 fully saturated rings. The highest BCUT2D eigenvalue weighted by Gasteiger charge is 2.24. The number of carbonyl (C=O) groups is 1. The quantitative estimate of drug-likeness (QED) is 0.713. The molecule has 1 heterocycles. The van der Waals surface area contributed by atoms with Crippen molar-refractivity contribution in [2.75, 3.05) is 18.8 Å². The number of nitrogens with zero attached hydrogens (tertiary/aromatic N) is 1. The van der Waals surface area contributed by atoms with Crippen molar-refractivity contribution in [1.82, 2.24) is 9.62 Å². The van der Waals surface area contributed by atoms with Gasteiger partial charge < -0.3 is 10.6 Å². The first kappa shape index (κ1) is 17.4. The van der Waals surface area contributed by atoms with E-state index in [1.165, 1.54) is 0 Å². The largest absolute Gasteiger partial charge is 0.343 e. The number of nitrogens with one attached hydrogen (secondary N) is 1. The van der Waals surface area contributed by atoms with Gasteiger partial charge in [0.15, 0.2) is 0 Å². The SMILES string of the molecule is CCS(=O)(=O)NC1CCN(C(=O)CCCC(C)N)CC1. The molecular formula is C13H27N3O3S. The van der Waals surface area contributed by atoms with Gasteiger partial charge in [-0.2, -0.15) is 0 Å². The van der Waals surface area contributed by atoms with E-state index in [9.17, 15) is 13.2 Å². The lowest BCUT2D eigenvalue weighted by molar-refractivity contribution is -0.132. The van der Waals surface area contributed by atoms with E-state index in [1.54, 1.807) is 6.92 Å². The number of piperidine rings is 1. The van der Waals surface area contributed by atoms with Crippen LogP contribution in [0.1, 0.15) is 46.0 Å². The Kier molecular flexibility index (Phi) is 6.91. The molecule has 1 unspecified atom stereocenters. The Labute approximate surface area is 122 Å². The summed E-state index contributed by atoms with van der Waals surface area (Å²) in [6.07, 6.45) is 3.60. The Morgan fingerprint density at radius 1 is 1.40 bits per heavy atom. The first-order valence-corrected chi connectivity index (χ1v) is 9.02. The van der Waals surface area contributed by atoms with Crippen molar-refractivity contribution in [2.24, 2.45) is 5.73 Å². The van der Waals surface area contributed by atoms with Gasteiger partial charge in [0.2, 0.25) is 15.9 Å². The molecule has 1 atom stereocenters. The van der Waals surface area contributed by atoms with Gasteiger partial charge in [-0.1, -0.05) is 0 Å². The maximum absolute atomic E-state index is 12.0. The van der Waals surface area contributed by atoms with E-state index in [0.717, 1.165) is 12.8 Å². The number of hydrogen-bond donors (Lipinski definition) is 2. The van der Waals surface area contributed by atoms with Crippen molar-refractivity contribution in [2.45, 2.75) is 58.0 Å². The smallest absolute Gasteiger partial charge is 0.222 e. The average Bonchev–Trinajstić information content (AvgIpc) is 2.38. The number of rotatable bonds is 7. The molecule has 0 bridgehead atoms. The van der Waals surface area contributed by atoms with Crippen molar-refractivity contribution < 1.29 is 13.2 Å². The summed E-state index contributed by atoms with van der Waals surface area (Å²) < 4.78 is 25.6. The lowest BCUT2D eigenvalue weighted by Gasteiger charge is -2.32. The van der Waals surface area contributed by atoms with Gasteiger partial charge >= 0.3 is 0 Å². The minimum atomic E-state index is -3.15. The second-order valence-electron chi connectivity index (χ2n) is 5.55. The second kappa shape index (κ2) is 7.95. The number of nitrogens with two attached hydrogens (primary N) is 1. The van der Waals surface area contributed by atoms with Crippen molar-refractivity contribution in [3.8, 4) is 0 Å². The zero-order valence-corrected chi connectivity index (χ0v) is 13.3. The van der Waals surface area contributed by atoms with Gasteiger partial charge in [0.05, 0.1) is 5.75 Å². The molecule has 1 rings (SSSR count). The van der Waals surface area contributed by atoms with Crippen molar-refractivity contribution in [3.63, 3.8) is 0 Å². The number of sulfonamides is 1. The highest BCUT2D eigenvalue weighted by Crippen LogP contribution is 2.13. The Bertz CT molecular complexity index is 401. The molecule has 0 saturated carbocycles. The molecule has 1 saturated heterocycles. The van der Waals surface area contributed by atoms with Crippen LogP contribution in [0.3, 0.4) is 0 Å². The Hall–Kier alpha value is -0.660. The first-order chi connectivity index (χ1) is 9.34. The van der Waals surface area contributed by atoms with E-state index in [1.807, 2.05) is 11.8 Å². The summed E-state index contributed by atoms with van der Waals surface area (Å²) in [5.74, 6) is 0.256. The fraction of sp³-hybridized carbons (Fsp3) is 0.923. The number of likely N-dealkylation sites (tertiary alicyclic amines) is 1. The number of amides is 1. The van der Waals surface area contributed by atoms with Gasteiger partial charge in [0.1, 0.15) is 0 Å². The lowest BCUT2D eigenvalue weighted by Crippen LogP contribution is -2.46. The van der Waals surface area contributed by atoms with Crippen LogP contribution >= 0.6 is 0 Å². The molecular weight excluding hydrogens is 278 g/mol. The summed E-state index contributed by atoms with van der Waals surface area (Å²) in [4.78, 5) is 13.8. The normalized spacial score (nSPS) is 19.1. The summed E-state index contributed by atoms with van der Waals surface area (Å²) in [5.41, 5.74) is 5.66. The fourth-order valence-corrected chi connectivity index (χ4v) is 3.23. The standard InChI is InChI=1S/C13H27N3O3S/c1-3-20(18,19)15-12-7-9-16(10-8-12)13(17)6-4-5-11(2)14/h11-12,15H,3-10,14H2,1-2H3. The molecule has 0 aromatic carbocycles. The van der Waals surface area contributed by atoms with Crippen LogP contribution in [0, 0.1) is 0 Å². The van der Waals surface area contributed by atoms with Crippen LogP contribution in [-0.4, -0.2) is 50.2 Å². The van der Waals surface area contributed by atoms with Gasteiger partial charge in [-0.15, -0.1) is 0 Å². The van der Waals surface area contributed by atoms with Crippen molar-refractivity contribution >= 4 is 15.9 Å². The van der Waals surface area contributed by atoms with Crippen LogP contribution in [0.25, 0.3) is 0 Å². The van der Waals surface area contributed by atoms with Gasteiger partial charge in [-0.25, -0.2) is 13.1 Å². The van der Waals surface area contributed by atoms with Crippen molar-refractivity contribution in [1.29, 1.82) is 0 Å². The Balaban J connectivity index is 2.29. The summed E-state index contributed by atoms with van der Waals surface area (Å²) in [5, 5.41) is 0. The third-order valence-electron chi connectivity index (χ3n) is 3.62. The molecule has 1 aliphatic heterocycles. The van der Waals surface area contributed by atoms with Crippen LogP contribution in [0.4, 0.5) is 0 Å². The number of hydrogen-bond acceptors (Lipinski definition) is 4.